The van der Waals surface area contributed by atoms with E-state index < -0.39 is 0 Å². The summed E-state index contributed by atoms with van der Waals surface area (Å²) < 4.78 is 19.8. The van der Waals surface area contributed by atoms with Gasteiger partial charge in [-0.15, -0.1) is 0 Å². The Morgan fingerprint density at radius 1 is 1.11 bits per heavy atom. The summed E-state index contributed by atoms with van der Waals surface area (Å²) in [6.07, 6.45) is 3.84. The predicted molar refractivity (Wildman–Crippen MR) is 105 cm³/mol. The van der Waals surface area contributed by atoms with Crippen LogP contribution in [0, 0.1) is 5.82 Å². The maximum absolute atomic E-state index is 14.0. The van der Waals surface area contributed by atoms with Crippen molar-refractivity contribution in [3.05, 3.63) is 59.7 Å². The van der Waals surface area contributed by atoms with Gasteiger partial charge in [0, 0.05) is 30.6 Å². The SMILES string of the molecule is O=C(NC1CCN(c2ccccc2F)CC1)c1ccc2nc(C3CC3)oc2c1. The average Bonchev–Trinajstić information content (AvgIpc) is 3.48. The zero-order chi connectivity index (χ0) is 19.1. The number of carbonyl (C=O) groups is 1. The lowest BCUT2D eigenvalue weighted by atomic mass is 10.0. The van der Waals surface area contributed by atoms with Crippen LogP contribution in [0.25, 0.3) is 11.1 Å². The van der Waals surface area contributed by atoms with Crippen LogP contribution < -0.4 is 10.2 Å². The standard InChI is InChI=1S/C22H22FN3O2/c23-17-3-1-2-4-19(17)26-11-9-16(10-12-26)24-21(27)15-7-8-18-20(13-15)28-22(25-18)14-5-6-14/h1-4,7-8,13-14,16H,5-6,9-12H2,(H,24,27). The van der Waals surface area contributed by atoms with Crippen LogP contribution in [0.4, 0.5) is 10.1 Å². The third-order valence-electron chi connectivity index (χ3n) is 5.62. The first kappa shape index (κ1) is 17.2. The molecule has 0 unspecified atom stereocenters. The summed E-state index contributed by atoms with van der Waals surface area (Å²) >= 11 is 0. The minimum absolute atomic E-state index is 0.0861. The normalized spacial score (nSPS) is 17.8. The van der Waals surface area contributed by atoms with E-state index in [4.69, 9.17) is 4.42 Å². The number of fused-ring (bicyclic) bond motifs is 1. The number of nitrogens with zero attached hydrogens (tertiary/aromatic N) is 2. The Morgan fingerprint density at radius 3 is 2.64 bits per heavy atom. The Bertz CT molecular complexity index is 1020. The molecule has 144 valence electrons. The molecule has 2 fully saturated rings. The molecule has 0 radical (unpaired) electrons. The number of nitrogens with one attached hydrogen (secondary N) is 1. The van der Waals surface area contributed by atoms with Crippen molar-refractivity contribution in [3.8, 4) is 0 Å². The highest BCUT2D eigenvalue weighted by molar-refractivity contribution is 5.97. The lowest BCUT2D eigenvalue weighted by Crippen LogP contribution is -2.44. The second-order valence-corrected chi connectivity index (χ2v) is 7.70. The summed E-state index contributed by atoms with van der Waals surface area (Å²) in [6, 6.07) is 12.3. The number of rotatable bonds is 4. The zero-order valence-corrected chi connectivity index (χ0v) is 15.5. The van der Waals surface area contributed by atoms with Gasteiger partial charge in [-0.2, -0.15) is 0 Å². The van der Waals surface area contributed by atoms with Crippen LogP contribution in [0.1, 0.15) is 47.8 Å². The van der Waals surface area contributed by atoms with Gasteiger partial charge < -0.3 is 14.6 Å². The highest BCUT2D eigenvalue weighted by Crippen LogP contribution is 2.40. The Labute approximate surface area is 162 Å². The van der Waals surface area contributed by atoms with Crippen molar-refractivity contribution in [1.82, 2.24) is 10.3 Å². The average molecular weight is 379 g/mol. The summed E-state index contributed by atoms with van der Waals surface area (Å²) in [5.74, 6) is 0.934. The van der Waals surface area contributed by atoms with Crippen LogP contribution in [0.2, 0.25) is 0 Å². The van der Waals surface area contributed by atoms with Gasteiger partial charge in [0.15, 0.2) is 11.5 Å². The maximum Gasteiger partial charge on any atom is 0.251 e. The van der Waals surface area contributed by atoms with E-state index in [9.17, 15) is 9.18 Å². The molecule has 1 aliphatic carbocycles. The van der Waals surface area contributed by atoms with Gasteiger partial charge in [-0.05, 0) is 56.0 Å². The van der Waals surface area contributed by atoms with Crippen LogP contribution in [-0.4, -0.2) is 30.0 Å². The molecule has 0 atom stereocenters. The minimum Gasteiger partial charge on any atom is -0.440 e. The highest BCUT2D eigenvalue weighted by Gasteiger charge is 2.29. The van der Waals surface area contributed by atoms with Gasteiger partial charge >= 0.3 is 0 Å². The molecule has 1 amide bonds. The molecule has 0 spiro atoms. The molecule has 1 aromatic heterocycles. The van der Waals surface area contributed by atoms with Gasteiger partial charge in [0.1, 0.15) is 11.3 Å². The first-order chi connectivity index (χ1) is 13.7. The lowest BCUT2D eigenvalue weighted by molar-refractivity contribution is 0.0931. The van der Waals surface area contributed by atoms with Crippen molar-refractivity contribution >= 4 is 22.7 Å². The largest absolute Gasteiger partial charge is 0.440 e. The minimum atomic E-state index is -0.198. The summed E-state index contributed by atoms with van der Waals surface area (Å²) in [5.41, 5.74) is 2.69. The molecule has 0 bridgehead atoms. The monoisotopic (exact) mass is 379 g/mol. The number of para-hydroxylation sites is 1. The molecule has 1 saturated heterocycles. The Balaban J connectivity index is 1.22. The fourth-order valence-corrected chi connectivity index (χ4v) is 3.83. The molecule has 1 saturated carbocycles. The van der Waals surface area contributed by atoms with Gasteiger partial charge in [0.25, 0.3) is 5.91 Å². The molecule has 6 heteroatoms. The van der Waals surface area contributed by atoms with Crippen molar-refractivity contribution in [2.24, 2.45) is 0 Å². The number of anilines is 1. The number of benzene rings is 2. The molecule has 5 nitrogen and oxygen atoms in total. The van der Waals surface area contributed by atoms with E-state index in [1.807, 2.05) is 17.0 Å². The van der Waals surface area contributed by atoms with Gasteiger partial charge in [-0.25, -0.2) is 9.37 Å². The van der Waals surface area contributed by atoms with E-state index >= 15 is 0 Å². The molecule has 3 aromatic rings. The van der Waals surface area contributed by atoms with E-state index in [1.54, 1.807) is 24.3 Å². The van der Waals surface area contributed by atoms with Crippen LogP contribution in [0.3, 0.4) is 0 Å². The third-order valence-corrected chi connectivity index (χ3v) is 5.62. The van der Waals surface area contributed by atoms with E-state index in [0.29, 0.717) is 22.8 Å². The molecular weight excluding hydrogens is 357 g/mol. The first-order valence-corrected chi connectivity index (χ1v) is 9.88. The Hall–Kier alpha value is -2.89. The van der Waals surface area contributed by atoms with E-state index in [2.05, 4.69) is 10.3 Å². The van der Waals surface area contributed by atoms with Gasteiger partial charge in [0.2, 0.25) is 0 Å². The Morgan fingerprint density at radius 2 is 1.89 bits per heavy atom. The zero-order valence-electron chi connectivity index (χ0n) is 15.5. The van der Waals surface area contributed by atoms with Crippen molar-refractivity contribution in [3.63, 3.8) is 0 Å². The number of carbonyl (C=O) groups excluding carboxylic acids is 1. The van der Waals surface area contributed by atoms with Crippen LogP contribution in [0.15, 0.2) is 46.9 Å². The number of halogens is 1. The molecule has 28 heavy (non-hydrogen) atoms. The van der Waals surface area contributed by atoms with Gasteiger partial charge in [-0.3, -0.25) is 4.79 Å². The first-order valence-electron chi connectivity index (χ1n) is 9.88. The number of piperidine rings is 1. The fourth-order valence-electron chi connectivity index (χ4n) is 3.83. The maximum atomic E-state index is 14.0. The second kappa shape index (κ2) is 6.93. The number of oxazole rings is 1. The number of hydrogen-bond donors (Lipinski definition) is 1. The van der Waals surface area contributed by atoms with Crippen LogP contribution in [0.5, 0.6) is 0 Å². The van der Waals surface area contributed by atoms with Crippen LogP contribution >= 0.6 is 0 Å². The quantitative estimate of drug-likeness (QED) is 0.737. The molecule has 1 N–H and O–H groups in total. The summed E-state index contributed by atoms with van der Waals surface area (Å²) in [5, 5.41) is 3.11. The predicted octanol–water partition coefficient (Wildman–Crippen LogP) is 4.24. The number of aromatic nitrogens is 1. The van der Waals surface area contributed by atoms with Crippen molar-refractivity contribution < 1.29 is 13.6 Å². The second-order valence-electron chi connectivity index (χ2n) is 7.70. The van der Waals surface area contributed by atoms with Crippen LogP contribution in [-0.2, 0) is 0 Å². The molecular formula is C22H22FN3O2. The van der Waals surface area contributed by atoms with E-state index in [1.165, 1.54) is 6.07 Å². The molecule has 1 aliphatic heterocycles. The lowest BCUT2D eigenvalue weighted by Gasteiger charge is -2.34. The smallest absolute Gasteiger partial charge is 0.251 e. The van der Waals surface area contributed by atoms with E-state index in [0.717, 1.165) is 50.2 Å². The van der Waals surface area contributed by atoms with Crippen molar-refractivity contribution in [1.29, 1.82) is 0 Å². The molecule has 2 heterocycles. The van der Waals surface area contributed by atoms with Crippen molar-refractivity contribution in [2.45, 2.75) is 37.6 Å². The molecule has 5 rings (SSSR count). The van der Waals surface area contributed by atoms with E-state index in [-0.39, 0.29) is 17.8 Å². The highest BCUT2D eigenvalue weighted by atomic mass is 19.1. The number of amides is 1. The van der Waals surface area contributed by atoms with Crippen molar-refractivity contribution in [2.75, 3.05) is 18.0 Å². The summed E-state index contributed by atoms with van der Waals surface area (Å²) in [4.78, 5) is 19.2. The topological polar surface area (TPSA) is 58.4 Å². The summed E-state index contributed by atoms with van der Waals surface area (Å²) in [7, 11) is 0. The molecule has 2 aromatic carbocycles. The van der Waals surface area contributed by atoms with Gasteiger partial charge in [0.05, 0.1) is 5.69 Å². The van der Waals surface area contributed by atoms with Gasteiger partial charge in [-0.1, -0.05) is 12.1 Å². The third kappa shape index (κ3) is 3.35. The summed E-state index contributed by atoms with van der Waals surface area (Å²) in [6.45, 7) is 1.44. The number of hydrogen-bond acceptors (Lipinski definition) is 4. The molecule has 2 aliphatic rings. The fraction of sp³-hybridized carbons (Fsp3) is 0.364. The Kier molecular flexibility index (Phi) is 4.26.